The fourth-order valence-corrected chi connectivity index (χ4v) is 2.16. The number of piperazine rings is 1. The lowest BCUT2D eigenvalue weighted by Gasteiger charge is -2.36. The van der Waals surface area contributed by atoms with Gasteiger partial charge >= 0.3 is 0 Å². The Morgan fingerprint density at radius 2 is 1.94 bits per heavy atom. The van der Waals surface area contributed by atoms with E-state index in [0.717, 1.165) is 39.3 Å². The second-order valence-corrected chi connectivity index (χ2v) is 5.23. The normalized spacial score (nSPS) is 18.5. The molecule has 1 N–H and O–H groups in total. The van der Waals surface area contributed by atoms with Crippen LogP contribution in [-0.2, 0) is 4.79 Å². The van der Waals surface area contributed by atoms with Gasteiger partial charge in [0.15, 0.2) is 0 Å². The number of amides is 1. The van der Waals surface area contributed by atoms with E-state index in [1.165, 1.54) is 0 Å². The van der Waals surface area contributed by atoms with Crippen molar-refractivity contribution in [1.82, 2.24) is 15.1 Å². The average Bonchev–Trinajstić information content (AvgIpc) is 2.27. The quantitative estimate of drug-likeness (QED) is 0.755. The van der Waals surface area contributed by atoms with E-state index in [2.05, 4.69) is 10.2 Å². The van der Waals surface area contributed by atoms with Crippen molar-refractivity contribution in [2.24, 2.45) is 5.41 Å². The molecule has 1 heterocycles. The standard InChI is InChI=1S/C12H25N3O/c1-5-14(4)11(16)12(2,3)10-15-8-6-13-7-9-15/h13H,5-10H2,1-4H3. The highest BCUT2D eigenvalue weighted by Crippen LogP contribution is 2.20. The minimum atomic E-state index is -0.276. The van der Waals surface area contributed by atoms with Crippen LogP contribution in [0, 0.1) is 5.41 Å². The third kappa shape index (κ3) is 3.46. The third-order valence-corrected chi connectivity index (χ3v) is 3.23. The first-order chi connectivity index (χ1) is 7.47. The molecule has 0 bridgehead atoms. The Bertz CT molecular complexity index is 234. The maximum absolute atomic E-state index is 12.2. The predicted octanol–water partition coefficient (Wildman–Crippen LogP) is 0.396. The van der Waals surface area contributed by atoms with Gasteiger partial charge in [-0.2, -0.15) is 0 Å². The monoisotopic (exact) mass is 227 g/mol. The first-order valence-corrected chi connectivity index (χ1v) is 6.16. The zero-order chi connectivity index (χ0) is 12.2. The van der Waals surface area contributed by atoms with Crippen LogP contribution in [-0.4, -0.2) is 62.0 Å². The van der Waals surface area contributed by atoms with Crippen molar-refractivity contribution in [2.45, 2.75) is 20.8 Å². The largest absolute Gasteiger partial charge is 0.346 e. The maximum Gasteiger partial charge on any atom is 0.229 e. The second kappa shape index (κ2) is 5.64. The molecule has 4 heteroatoms. The summed E-state index contributed by atoms with van der Waals surface area (Å²) in [4.78, 5) is 16.3. The summed E-state index contributed by atoms with van der Waals surface area (Å²) in [6, 6.07) is 0. The van der Waals surface area contributed by atoms with Gasteiger partial charge in [-0.1, -0.05) is 0 Å². The molecule has 1 amide bonds. The van der Waals surface area contributed by atoms with E-state index in [0.29, 0.717) is 0 Å². The van der Waals surface area contributed by atoms with Gasteiger partial charge in [0, 0.05) is 46.3 Å². The molecule has 0 unspecified atom stereocenters. The minimum absolute atomic E-state index is 0.244. The zero-order valence-corrected chi connectivity index (χ0v) is 11.0. The molecule has 0 saturated carbocycles. The molecule has 16 heavy (non-hydrogen) atoms. The Morgan fingerprint density at radius 3 is 2.44 bits per heavy atom. The van der Waals surface area contributed by atoms with Crippen LogP contribution >= 0.6 is 0 Å². The highest BCUT2D eigenvalue weighted by atomic mass is 16.2. The molecule has 1 rings (SSSR count). The smallest absolute Gasteiger partial charge is 0.229 e. The first-order valence-electron chi connectivity index (χ1n) is 6.16. The zero-order valence-electron chi connectivity index (χ0n) is 11.0. The van der Waals surface area contributed by atoms with E-state index in [9.17, 15) is 4.79 Å². The summed E-state index contributed by atoms with van der Waals surface area (Å²) in [5, 5.41) is 3.33. The molecular weight excluding hydrogens is 202 g/mol. The van der Waals surface area contributed by atoms with Crippen LogP contribution in [0.15, 0.2) is 0 Å². The van der Waals surface area contributed by atoms with Gasteiger partial charge in [-0.15, -0.1) is 0 Å². The van der Waals surface area contributed by atoms with E-state index in [4.69, 9.17) is 0 Å². The van der Waals surface area contributed by atoms with Crippen LogP contribution < -0.4 is 5.32 Å². The number of hydrogen-bond acceptors (Lipinski definition) is 3. The molecule has 0 atom stereocenters. The highest BCUT2D eigenvalue weighted by molar-refractivity contribution is 5.81. The number of rotatable bonds is 4. The van der Waals surface area contributed by atoms with Crippen molar-refractivity contribution in [3.05, 3.63) is 0 Å². The highest BCUT2D eigenvalue weighted by Gasteiger charge is 2.32. The molecule has 0 aromatic carbocycles. The van der Waals surface area contributed by atoms with Gasteiger partial charge in [-0.25, -0.2) is 0 Å². The van der Waals surface area contributed by atoms with Gasteiger partial charge < -0.3 is 10.2 Å². The minimum Gasteiger partial charge on any atom is -0.346 e. The molecule has 0 spiro atoms. The molecule has 1 saturated heterocycles. The number of carbonyl (C=O) groups is 1. The van der Waals surface area contributed by atoms with Crippen molar-refractivity contribution in [3.63, 3.8) is 0 Å². The Labute approximate surface area is 99.0 Å². The molecule has 94 valence electrons. The number of nitrogens with zero attached hydrogens (tertiary/aromatic N) is 2. The molecular formula is C12H25N3O. The molecule has 1 aliphatic rings. The van der Waals surface area contributed by atoms with Crippen molar-refractivity contribution < 1.29 is 4.79 Å². The van der Waals surface area contributed by atoms with E-state index >= 15 is 0 Å². The fourth-order valence-electron chi connectivity index (χ4n) is 2.16. The topological polar surface area (TPSA) is 35.6 Å². The van der Waals surface area contributed by atoms with Crippen LogP contribution in [0.1, 0.15) is 20.8 Å². The van der Waals surface area contributed by atoms with Gasteiger partial charge in [-0.05, 0) is 20.8 Å². The molecule has 0 radical (unpaired) electrons. The Hall–Kier alpha value is -0.610. The molecule has 0 aliphatic carbocycles. The summed E-state index contributed by atoms with van der Waals surface area (Å²) in [5.41, 5.74) is -0.276. The van der Waals surface area contributed by atoms with Crippen LogP contribution in [0.4, 0.5) is 0 Å². The van der Waals surface area contributed by atoms with Gasteiger partial charge in [0.05, 0.1) is 5.41 Å². The van der Waals surface area contributed by atoms with E-state index in [1.807, 2.05) is 32.7 Å². The van der Waals surface area contributed by atoms with Crippen molar-refractivity contribution in [2.75, 3.05) is 46.3 Å². The summed E-state index contributed by atoms with van der Waals surface area (Å²) < 4.78 is 0. The molecule has 1 aliphatic heterocycles. The maximum atomic E-state index is 12.2. The van der Waals surface area contributed by atoms with Crippen LogP contribution in [0.3, 0.4) is 0 Å². The Balaban J connectivity index is 2.52. The number of carbonyl (C=O) groups excluding carboxylic acids is 1. The van der Waals surface area contributed by atoms with Crippen LogP contribution in [0.25, 0.3) is 0 Å². The Kier molecular flexibility index (Phi) is 4.74. The SMILES string of the molecule is CCN(C)C(=O)C(C)(C)CN1CCNCC1. The lowest BCUT2D eigenvalue weighted by Crippen LogP contribution is -2.51. The number of nitrogens with one attached hydrogen (secondary N) is 1. The lowest BCUT2D eigenvalue weighted by molar-refractivity contribution is -0.139. The Morgan fingerprint density at radius 1 is 1.38 bits per heavy atom. The van der Waals surface area contributed by atoms with Crippen LogP contribution in [0.5, 0.6) is 0 Å². The summed E-state index contributed by atoms with van der Waals surface area (Å²) >= 11 is 0. The van der Waals surface area contributed by atoms with Gasteiger partial charge in [0.1, 0.15) is 0 Å². The van der Waals surface area contributed by atoms with E-state index in [1.54, 1.807) is 0 Å². The van der Waals surface area contributed by atoms with E-state index < -0.39 is 0 Å². The van der Waals surface area contributed by atoms with Gasteiger partial charge in [0.2, 0.25) is 5.91 Å². The van der Waals surface area contributed by atoms with Crippen molar-refractivity contribution in [3.8, 4) is 0 Å². The van der Waals surface area contributed by atoms with E-state index in [-0.39, 0.29) is 11.3 Å². The predicted molar refractivity (Wildman–Crippen MR) is 66.4 cm³/mol. The molecule has 4 nitrogen and oxygen atoms in total. The lowest BCUT2D eigenvalue weighted by atomic mass is 9.90. The summed E-state index contributed by atoms with van der Waals surface area (Å²) in [6.45, 7) is 11.9. The molecule has 1 fully saturated rings. The fraction of sp³-hybridized carbons (Fsp3) is 0.917. The summed E-state index contributed by atoms with van der Waals surface area (Å²) in [6.07, 6.45) is 0. The summed E-state index contributed by atoms with van der Waals surface area (Å²) in [5.74, 6) is 0.244. The third-order valence-electron chi connectivity index (χ3n) is 3.23. The van der Waals surface area contributed by atoms with Crippen LogP contribution in [0.2, 0.25) is 0 Å². The molecule has 0 aromatic heterocycles. The average molecular weight is 227 g/mol. The van der Waals surface area contributed by atoms with Crippen molar-refractivity contribution >= 4 is 5.91 Å². The number of hydrogen-bond donors (Lipinski definition) is 1. The summed E-state index contributed by atoms with van der Waals surface area (Å²) in [7, 11) is 1.88. The second-order valence-electron chi connectivity index (χ2n) is 5.23. The van der Waals surface area contributed by atoms with Gasteiger partial charge in [0.25, 0.3) is 0 Å². The van der Waals surface area contributed by atoms with Crippen molar-refractivity contribution in [1.29, 1.82) is 0 Å². The first kappa shape index (κ1) is 13.5. The van der Waals surface area contributed by atoms with Gasteiger partial charge in [-0.3, -0.25) is 9.69 Å². The molecule has 0 aromatic rings.